The predicted molar refractivity (Wildman–Crippen MR) is 46.4 cm³/mol. The minimum absolute atomic E-state index is 0.160. The summed E-state index contributed by atoms with van der Waals surface area (Å²) >= 11 is 0. The lowest BCUT2D eigenvalue weighted by Gasteiger charge is -2.00. The van der Waals surface area contributed by atoms with Crippen molar-refractivity contribution in [3.8, 4) is 0 Å². The lowest BCUT2D eigenvalue weighted by molar-refractivity contribution is 0.0697. The molecule has 0 saturated heterocycles. The topological polar surface area (TPSA) is 69.6 Å². The largest absolute Gasteiger partial charge is 0.478 e. The van der Waals surface area contributed by atoms with Crippen LogP contribution in [0.3, 0.4) is 0 Å². The fraction of sp³-hybridized carbons (Fsp3) is 0. The molecule has 1 aromatic rings. The van der Waals surface area contributed by atoms with Crippen molar-refractivity contribution in [1.82, 2.24) is 0 Å². The van der Waals surface area contributed by atoms with Gasteiger partial charge < -0.3 is 15.4 Å². The van der Waals surface area contributed by atoms with Gasteiger partial charge in [0.05, 0.1) is 5.56 Å². The molecule has 12 heavy (non-hydrogen) atoms. The number of carboxylic acid groups (broad SMARTS) is 1. The van der Waals surface area contributed by atoms with Crippen LogP contribution in [0.1, 0.15) is 10.4 Å². The second-order valence-corrected chi connectivity index (χ2v) is 2.22. The van der Waals surface area contributed by atoms with Gasteiger partial charge in [-0.15, -0.1) is 0 Å². The quantitative estimate of drug-likeness (QED) is 0.553. The third kappa shape index (κ3) is 2.00. The standard InChI is InChI=1S/C7H8BNO3/c10-7(11)5-1-3-6(4-2-5)9-8-12/h1-4,8-9,12H,(H,10,11). The number of hydrogen-bond donors (Lipinski definition) is 3. The smallest absolute Gasteiger partial charge is 0.391 e. The highest BCUT2D eigenvalue weighted by molar-refractivity contribution is 6.30. The molecule has 0 fully saturated rings. The van der Waals surface area contributed by atoms with Crippen LogP contribution in [-0.4, -0.2) is 23.7 Å². The number of hydrogen-bond acceptors (Lipinski definition) is 3. The Balaban J connectivity index is 2.78. The van der Waals surface area contributed by atoms with Crippen molar-refractivity contribution in [2.24, 2.45) is 0 Å². The molecule has 0 aliphatic heterocycles. The van der Waals surface area contributed by atoms with Crippen LogP contribution in [-0.2, 0) is 0 Å². The number of aromatic carboxylic acids is 1. The average molecular weight is 165 g/mol. The zero-order valence-electron chi connectivity index (χ0n) is 6.32. The molecule has 3 N–H and O–H groups in total. The van der Waals surface area contributed by atoms with Crippen molar-refractivity contribution < 1.29 is 14.9 Å². The summed E-state index contributed by atoms with van der Waals surface area (Å²) in [6.07, 6.45) is 0. The fourth-order valence-electron chi connectivity index (χ4n) is 0.822. The molecule has 0 unspecified atom stereocenters. The number of carboxylic acids is 1. The molecule has 0 saturated carbocycles. The van der Waals surface area contributed by atoms with Gasteiger partial charge >= 0.3 is 13.6 Å². The summed E-state index contributed by atoms with van der Waals surface area (Å²) in [5, 5.41) is 19.6. The van der Waals surface area contributed by atoms with Crippen molar-refractivity contribution in [1.29, 1.82) is 0 Å². The van der Waals surface area contributed by atoms with Gasteiger partial charge in [0.15, 0.2) is 0 Å². The molecule has 4 nitrogen and oxygen atoms in total. The number of benzene rings is 1. The molecule has 0 aliphatic carbocycles. The molecule has 1 rings (SSSR count). The maximum atomic E-state index is 10.4. The van der Waals surface area contributed by atoms with Crippen LogP contribution in [0, 0.1) is 0 Å². The second kappa shape index (κ2) is 3.78. The molecule has 0 bridgehead atoms. The second-order valence-electron chi connectivity index (χ2n) is 2.22. The van der Waals surface area contributed by atoms with E-state index in [9.17, 15) is 4.79 Å². The van der Waals surface area contributed by atoms with E-state index in [-0.39, 0.29) is 13.2 Å². The van der Waals surface area contributed by atoms with Crippen LogP contribution < -0.4 is 5.23 Å². The van der Waals surface area contributed by atoms with Gasteiger partial charge in [-0.3, -0.25) is 0 Å². The van der Waals surface area contributed by atoms with Crippen molar-refractivity contribution in [3.63, 3.8) is 0 Å². The van der Waals surface area contributed by atoms with Crippen LogP contribution in [0.25, 0.3) is 0 Å². The first-order valence-electron chi connectivity index (χ1n) is 3.42. The Morgan fingerprint density at radius 3 is 2.33 bits per heavy atom. The molecule has 62 valence electrons. The first kappa shape index (κ1) is 8.61. The lowest BCUT2D eigenvalue weighted by atomic mass is 10.1. The van der Waals surface area contributed by atoms with Gasteiger partial charge in [0.2, 0.25) is 0 Å². The highest BCUT2D eigenvalue weighted by Crippen LogP contribution is 2.08. The molecule has 0 atom stereocenters. The number of rotatable bonds is 3. The number of nitrogens with one attached hydrogen (secondary N) is 1. The molecule has 0 heterocycles. The summed E-state index contributed by atoms with van der Waals surface area (Å²) in [5.41, 5.74) is 0.931. The van der Waals surface area contributed by atoms with E-state index in [1.165, 1.54) is 12.1 Å². The maximum Gasteiger partial charge on any atom is 0.391 e. The Kier molecular flexibility index (Phi) is 2.71. The van der Waals surface area contributed by atoms with Gasteiger partial charge in [-0.1, -0.05) is 0 Å². The van der Waals surface area contributed by atoms with Crippen molar-refractivity contribution in [2.45, 2.75) is 0 Å². The van der Waals surface area contributed by atoms with E-state index in [4.69, 9.17) is 10.1 Å². The van der Waals surface area contributed by atoms with Gasteiger partial charge in [0, 0.05) is 5.69 Å². The lowest BCUT2D eigenvalue weighted by Crippen LogP contribution is -2.04. The first-order chi connectivity index (χ1) is 5.74. The minimum Gasteiger partial charge on any atom is -0.478 e. The summed E-state index contributed by atoms with van der Waals surface area (Å²) in [6.45, 7) is 0. The van der Waals surface area contributed by atoms with E-state index in [2.05, 4.69) is 5.23 Å². The molecule has 0 spiro atoms. The van der Waals surface area contributed by atoms with Crippen molar-refractivity contribution >= 4 is 19.3 Å². The summed E-state index contributed by atoms with van der Waals surface area (Å²) < 4.78 is 0. The van der Waals surface area contributed by atoms with Gasteiger partial charge in [-0.25, -0.2) is 4.79 Å². The third-order valence-corrected chi connectivity index (χ3v) is 1.42. The average Bonchev–Trinajstić information content (AvgIpc) is 2.06. The zero-order chi connectivity index (χ0) is 8.97. The van der Waals surface area contributed by atoms with Crippen molar-refractivity contribution in [2.75, 3.05) is 5.23 Å². The number of anilines is 1. The molecule has 0 aliphatic rings. The van der Waals surface area contributed by atoms with Gasteiger partial charge in [0.25, 0.3) is 0 Å². The molecule has 0 aromatic heterocycles. The summed E-state index contributed by atoms with van der Waals surface area (Å²) in [4.78, 5) is 10.4. The third-order valence-electron chi connectivity index (χ3n) is 1.42. The first-order valence-corrected chi connectivity index (χ1v) is 3.42. The normalized spacial score (nSPS) is 9.08. The van der Waals surface area contributed by atoms with Gasteiger partial charge in [0.1, 0.15) is 0 Å². The Bertz CT molecular complexity index is 272. The van der Waals surface area contributed by atoms with Crippen LogP contribution >= 0.6 is 0 Å². The fourth-order valence-corrected chi connectivity index (χ4v) is 0.822. The Hall–Kier alpha value is -1.49. The van der Waals surface area contributed by atoms with E-state index in [0.717, 1.165) is 0 Å². The molecule has 1 aromatic carbocycles. The van der Waals surface area contributed by atoms with E-state index in [0.29, 0.717) is 5.69 Å². The monoisotopic (exact) mass is 165 g/mol. The molecule has 0 radical (unpaired) electrons. The number of carbonyl (C=O) groups is 1. The van der Waals surface area contributed by atoms with Crippen molar-refractivity contribution in [3.05, 3.63) is 29.8 Å². The predicted octanol–water partition coefficient (Wildman–Crippen LogP) is 0.0555. The van der Waals surface area contributed by atoms with Crippen LogP contribution in [0.4, 0.5) is 5.69 Å². The van der Waals surface area contributed by atoms with Crippen LogP contribution in [0.2, 0.25) is 0 Å². The van der Waals surface area contributed by atoms with Gasteiger partial charge in [-0.2, -0.15) is 0 Å². The zero-order valence-corrected chi connectivity index (χ0v) is 6.32. The van der Waals surface area contributed by atoms with Crippen LogP contribution in [0.5, 0.6) is 0 Å². The van der Waals surface area contributed by atoms with E-state index >= 15 is 0 Å². The SMILES string of the molecule is O=C(O)c1ccc(NBO)cc1. The molecule has 0 amide bonds. The highest BCUT2D eigenvalue weighted by atomic mass is 16.4. The summed E-state index contributed by atoms with van der Waals surface area (Å²) in [6, 6.07) is 6.14. The Labute approximate surface area is 70.1 Å². The summed E-state index contributed by atoms with van der Waals surface area (Å²) in [5.74, 6) is -0.953. The minimum atomic E-state index is -0.953. The van der Waals surface area contributed by atoms with Gasteiger partial charge in [-0.05, 0) is 24.3 Å². The summed E-state index contributed by atoms with van der Waals surface area (Å²) in [7, 11) is -0.160. The molecular formula is C7H8BNO3. The Morgan fingerprint density at radius 1 is 1.33 bits per heavy atom. The van der Waals surface area contributed by atoms with E-state index in [1.54, 1.807) is 12.1 Å². The Morgan fingerprint density at radius 2 is 1.92 bits per heavy atom. The molecular weight excluding hydrogens is 157 g/mol. The highest BCUT2D eigenvalue weighted by Gasteiger charge is 2.00. The van der Waals surface area contributed by atoms with Crippen LogP contribution in [0.15, 0.2) is 24.3 Å². The van der Waals surface area contributed by atoms with E-state index in [1.807, 2.05) is 0 Å². The molecule has 5 heteroatoms. The van der Waals surface area contributed by atoms with E-state index < -0.39 is 5.97 Å². The maximum absolute atomic E-state index is 10.4.